The summed E-state index contributed by atoms with van der Waals surface area (Å²) in [5.74, 6) is 1.15. The number of hydrogen-bond donors (Lipinski definition) is 1. The number of likely N-dealkylation sites (tertiary alicyclic amines) is 1. The van der Waals surface area contributed by atoms with Crippen molar-refractivity contribution in [3.8, 4) is 0 Å². The van der Waals surface area contributed by atoms with Gasteiger partial charge in [-0.15, -0.1) is 17.5 Å². The van der Waals surface area contributed by atoms with Gasteiger partial charge in [0.15, 0.2) is 5.82 Å². The number of amides is 1. The highest BCUT2D eigenvalue weighted by Gasteiger charge is 2.34. The van der Waals surface area contributed by atoms with E-state index in [1.807, 2.05) is 18.2 Å². The predicted molar refractivity (Wildman–Crippen MR) is 95.5 cm³/mol. The lowest BCUT2D eigenvalue weighted by molar-refractivity contribution is -0.129. The Morgan fingerprint density at radius 2 is 2.00 bits per heavy atom. The summed E-state index contributed by atoms with van der Waals surface area (Å²) in [5, 5.41) is 4.28. The first-order valence-corrected chi connectivity index (χ1v) is 7.95. The highest BCUT2D eigenvalue weighted by molar-refractivity contribution is 5.85. The summed E-state index contributed by atoms with van der Waals surface area (Å²) in [5.41, 5.74) is 7.43. The standard InChI is InChI=1S/C17H18N6O.ClH/c18-14-11-22(10-13(14)12-5-2-1-3-6-12)16(24)9-15-20-17-19-7-4-8-23(17)21-15;/h1-8,13-14H,9-11,18H2;1H/t13-,14+;/m0./s1. The zero-order valence-electron chi connectivity index (χ0n) is 13.5. The van der Waals surface area contributed by atoms with Gasteiger partial charge in [-0.3, -0.25) is 4.79 Å². The molecule has 0 unspecified atom stereocenters. The van der Waals surface area contributed by atoms with Crippen molar-refractivity contribution in [2.75, 3.05) is 13.1 Å². The number of aromatic nitrogens is 4. The van der Waals surface area contributed by atoms with Gasteiger partial charge in [-0.05, 0) is 11.6 Å². The molecule has 3 heterocycles. The molecule has 0 bridgehead atoms. The largest absolute Gasteiger partial charge is 0.340 e. The van der Waals surface area contributed by atoms with E-state index in [-0.39, 0.29) is 36.7 Å². The number of halogens is 1. The smallest absolute Gasteiger partial charge is 0.252 e. The number of benzene rings is 1. The molecule has 3 aromatic rings. The van der Waals surface area contributed by atoms with E-state index in [0.29, 0.717) is 24.7 Å². The highest BCUT2D eigenvalue weighted by Crippen LogP contribution is 2.26. The van der Waals surface area contributed by atoms with Crippen LogP contribution in [0.4, 0.5) is 0 Å². The topological polar surface area (TPSA) is 89.4 Å². The third-order valence-corrected chi connectivity index (χ3v) is 4.42. The van der Waals surface area contributed by atoms with Crippen molar-refractivity contribution in [1.82, 2.24) is 24.5 Å². The van der Waals surface area contributed by atoms with E-state index < -0.39 is 0 Å². The molecule has 0 aliphatic carbocycles. The minimum absolute atomic E-state index is 0. The molecule has 7 nitrogen and oxygen atoms in total. The number of rotatable bonds is 3. The SMILES string of the molecule is Cl.N[C@@H]1CN(C(=O)Cc2nc3ncccn3n2)C[C@H]1c1ccccc1. The molecule has 2 atom stereocenters. The molecule has 1 fully saturated rings. The van der Waals surface area contributed by atoms with Gasteiger partial charge in [0.1, 0.15) is 0 Å². The number of fused-ring (bicyclic) bond motifs is 1. The third-order valence-electron chi connectivity index (χ3n) is 4.42. The summed E-state index contributed by atoms with van der Waals surface area (Å²) in [7, 11) is 0. The lowest BCUT2D eigenvalue weighted by Gasteiger charge is -2.15. The maximum atomic E-state index is 12.6. The summed E-state index contributed by atoms with van der Waals surface area (Å²) in [6, 6.07) is 11.8. The van der Waals surface area contributed by atoms with E-state index >= 15 is 0 Å². The van der Waals surface area contributed by atoms with Gasteiger partial charge in [0.05, 0.1) is 6.42 Å². The fourth-order valence-electron chi connectivity index (χ4n) is 3.18. The van der Waals surface area contributed by atoms with Crippen LogP contribution in [0.1, 0.15) is 17.3 Å². The average molecular weight is 359 g/mol. The van der Waals surface area contributed by atoms with E-state index in [0.717, 1.165) is 0 Å². The fourth-order valence-corrected chi connectivity index (χ4v) is 3.18. The molecule has 0 radical (unpaired) electrons. The number of carbonyl (C=O) groups is 1. The summed E-state index contributed by atoms with van der Waals surface area (Å²) in [4.78, 5) is 22.8. The van der Waals surface area contributed by atoms with Crippen molar-refractivity contribution in [2.45, 2.75) is 18.4 Å². The molecule has 1 aliphatic rings. The Balaban J connectivity index is 0.00000182. The molecule has 2 N–H and O–H groups in total. The molecule has 1 aliphatic heterocycles. The Morgan fingerprint density at radius 3 is 2.76 bits per heavy atom. The first-order valence-electron chi connectivity index (χ1n) is 7.95. The quantitative estimate of drug-likeness (QED) is 0.755. The second-order valence-electron chi connectivity index (χ2n) is 6.05. The molecule has 0 saturated carbocycles. The lowest BCUT2D eigenvalue weighted by Crippen LogP contribution is -2.33. The van der Waals surface area contributed by atoms with Crippen molar-refractivity contribution in [1.29, 1.82) is 0 Å². The second-order valence-corrected chi connectivity index (χ2v) is 6.05. The molecule has 1 aromatic carbocycles. The van der Waals surface area contributed by atoms with Gasteiger partial charge in [-0.2, -0.15) is 4.98 Å². The Hall–Kier alpha value is -2.51. The lowest BCUT2D eigenvalue weighted by atomic mass is 9.95. The maximum Gasteiger partial charge on any atom is 0.252 e. The average Bonchev–Trinajstić information content (AvgIpc) is 3.18. The monoisotopic (exact) mass is 358 g/mol. The number of hydrogen-bond acceptors (Lipinski definition) is 5. The van der Waals surface area contributed by atoms with Crippen LogP contribution in [0.15, 0.2) is 48.8 Å². The van der Waals surface area contributed by atoms with Crippen LogP contribution in [0.3, 0.4) is 0 Å². The highest BCUT2D eigenvalue weighted by atomic mass is 35.5. The van der Waals surface area contributed by atoms with Crippen LogP contribution in [0.2, 0.25) is 0 Å². The summed E-state index contributed by atoms with van der Waals surface area (Å²) in [6.45, 7) is 1.19. The fraction of sp³-hybridized carbons (Fsp3) is 0.294. The molecule has 1 amide bonds. The van der Waals surface area contributed by atoms with E-state index in [4.69, 9.17) is 5.73 Å². The first-order chi connectivity index (χ1) is 11.7. The molecule has 0 spiro atoms. The molecule has 1 saturated heterocycles. The predicted octanol–water partition coefficient (Wildman–Crippen LogP) is 1.04. The summed E-state index contributed by atoms with van der Waals surface area (Å²) in [6.07, 6.45) is 3.58. The van der Waals surface area contributed by atoms with E-state index in [1.54, 1.807) is 27.9 Å². The molecular weight excluding hydrogens is 340 g/mol. The molecule has 25 heavy (non-hydrogen) atoms. The zero-order chi connectivity index (χ0) is 16.5. The Bertz CT molecular complexity index is 835. The normalized spacial score (nSPS) is 19.8. The zero-order valence-corrected chi connectivity index (χ0v) is 14.3. The van der Waals surface area contributed by atoms with Gasteiger partial charge >= 0.3 is 0 Å². The van der Waals surface area contributed by atoms with Crippen molar-refractivity contribution < 1.29 is 4.79 Å². The van der Waals surface area contributed by atoms with E-state index in [1.165, 1.54) is 5.56 Å². The molecular formula is C17H19ClN6O. The van der Waals surface area contributed by atoms with Crippen molar-refractivity contribution >= 4 is 24.1 Å². The van der Waals surface area contributed by atoms with Crippen molar-refractivity contribution in [2.24, 2.45) is 5.73 Å². The molecule has 8 heteroatoms. The Labute approximate surface area is 151 Å². The molecule has 4 rings (SSSR count). The van der Waals surface area contributed by atoms with Crippen LogP contribution in [0.25, 0.3) is 5.78 Å². The van der Waals surface area contributed by atoms with Crippen LogP contribution >= 0.6 is 12.4 Å². The van der Waals surface area contributed by atoms with Gasteiger partial charge in [-0.1, -0.05) is 30.3 Å². The van der Waals surface area contributed by atoms with Gasteiger partial charge in [0.25, 0.3) is 5.78 Å². The van der Waals surface area contributed by atoms with Crippen molar-refractivity contribution in [3.63, 3.8) is 0 Å². The van der Waals surface area contributed by atoms with Gasteiger partial charge < -0.3 is 10.6 Å². The van der Waals surface area contributed by atoms with E-state index in [9.17, 15) is 4.79 Å². The minimum atomic E-state index is -0.0490. The van der Waals surface area contributed by atoms with E-state index in [2.05, 4.69) is 27.2 Å². The Morgan fingerprint density at radius 1 is 1.20 bits per heavy atom. The second kappa shape index (κ2) is 7.16. The third kappa shape index (κ3) is 3.47. The van der Waals surface area contributed by atoms with Crippen LogP contribution in [-0.2, 0) is 11.2 Å². The molecule has 130 valence electrons. The number of carbonyl (C=O) groups excluding carboxylic acids is 1. The van der Waals surface area contributed by atoms with Gasteiger partial charge in [0, 0.05) is 37.4 Å². The van der Waals surface area contributed by atoms with Gasteiger partial charge in [-0.25, -0.2) is 9.50 Å². The van der Waals surface area contributed by atoms with Crippen LogP contribution in [0, 0.1) is 0 Å². The maximum absolute atomic E-state index is 12.6. The molecule has 2 aromatic heterocycles. The number of nitrogens with two attached hydrogens (primary N) is 1. The van der Waals surface area contributed by atoms with Crippen LogP contribution in [-0.4, -0.2) is 49.5 Å². The Kier molecular flexibility index (Phi) is 4.96. The number of nitrogens with zero attached hydrogens (tertiary/aromatic N) is 5. The first kappa shape index (κ1) is 17.3. The van der Waals surface area contributed by atoms with Crippen LogP contribution < -0.4 is 5.73 Å². The summed E-state index contributed by atoms with van der Waals surface area (Å²) >= 11 is 0. The minimum Gasteiger partial charge on any atom is -0.340 e. The van der Waals surface area contributed by atoms with Crippen LogP contribution in [0.5, 0.6) is 0 Å². The van der Waals surface area contributed by atoms with Gasteiger partial charge in [0.2, 0.25) is 5.91 Å². The summed E-state index contributed by atoms with van der Waals surface area (Å²) < 4.78 is 1.57. The van der Waals surface area contributed by atoms with Crippen molar-refractivity contribution in [3.05, 3.63) is 60.2 Å².